The van der Waals surface area contributed by atoms with Crippen LogP contribution in [0.15, 0.2) is 22.7 Å². The summed E-state index contributed by atoms with van der Waals surface area (Å²) in [5.41, 5.74) is 0.842. The highest BCUT2D eigenvalue weighted by molar-refractivity contribution is 5.65. The molecule has 1 N–H and O–H groups in total. The lowest BCUT2D eigenvalue weighted by atomic mass is 10.0. The fraction of sp³-hybridized carbons (Fsp3) is 0.550. The Kier molecular flexibility index (Phi) is 4.05. The average molecular weight is 360 g/mol. The van der Waals surface area contributed by atoms with E-state index in [1.807, 2.05) is 0 Å². The number of ether oxygens (including phenoxy) is 1. The SMILES string of the molecule is Fc1cccc(F)c1-c1noc(C2CC2)c1COC1C[C@H]2CC[C@@H](C1)N2. The summed E-state index contributed by atoms with van der Waals surface area (Å²) in [4.78, 5) is 0. The molecule has 4 nitrogen and oxygen atoms in total. The Morgan fingerprint density at radius 1 is 1.08 bits per heavy atom. The molecule has 3 atom stereocenters. The van der Waals surface area contributed by atoms with Crippen molar-refractivity contribution in [2.75, 3.05) is 0 Å². The van der Waals surface area contributed by atoms with Gasteiger partial charge in [-0.1, -0.05) is 11.2 Å². The second kappa shape index (κ2) is 6.43. The quantitative estimate of drug-likeness (QED) is 0.864. The largest absolute Gasteiger partial charge is 0.373 e. The van der Waals surface area contributed by atoms with Crippen molar-refractivity contribution in [2.24, 2.45) is 0 Å². The van der Waals surface area contributed by atoms with Crippen molar-refractivity contribution in [2.45, 2.75) is 69.2 Å². The Hall–Kier alpha value is -1.79. The van der Waals surface area contributed by atoms with Crippen LogP contribution in [0, 0.1) is 11.6 Å². The topological polar surface area (TPSA) is 47.3 Å². The number of hydrogen-bond donors (Lipinski definition) is 1. The lowest BCUT2D eigenvalue weighted by Crippen LogP contribution is -2.41. The molecule has 5 rings (SSSR count). The van der Waals surface area contributed by atoms with Crippen LogP contribution in [0.3, 0.4) is 0 Å². The van der Waals surface area contributed by atoms with Crippen LogP contribution in [0.4, 0.5) is 8.78 Å². The van der Waals surface area contributed by atoms with Gasteiger partial charge in [0.25, 0.3) is 0 Å². The standard InChI is InChI=1S/C20H22F2N2O2/c21-16-2-1-3-17(22)18(16)19-15(20(26-24-19)11-4-5-11)10-25-14-8-12-6-7-13(9-14)23-12/h1-3,11-14,23H,4-10H2/t12-,13+,14?. The first-order chi connectivity index (χ1) is 12.7. The van der Waals surface area contributed by atoms with E-state index in [2.05, 4.69) is 10.5 Å². The van der Waals surface area contributed by atoms with Gasteiger partial charge >= 0.3 is 0 Å². The molecule has 3 heterocycles. The number of nitrogens with one attached hydrogen (secondary N) is 1. The van der Waals surface area contributed by atoms with E-state index in [9.17, 15) is 8.78 Å². The summed E-state index contributed by atoms with van der Waals surface area (Å²) in [7, 11) is 0. The summed E-state index contributed by atoms with van der Waals surface area (Å²) in [5.74, 6) is -0.211. The number of rotatable bonds is 5. The molecule has 6 heteroatoms. The van der Waals surface area contributed by atoms with Gasteiger partial charge in [0.2, 0.25) is 0 Å². The molecule has 1 aliphatic carbocycles. The van der Waals surface area contributed by atoms with Gasteiger partial charge in [0.05, 0.1) is 18.3 Å². The molecule has 3 aliphatic rings. The van der Waals surface area contributed by atoms with Crippen LogP contribution in [-0.4, -0.2) is 23.3 Å². The van der Waals surface area contributed by atoms with Gasteiger partial charge in [0, 0.05) is 23.6 Å². The van der Waals surface area contributed by atoms with Crippen molar-refractivity contribution >= 4 is 0 Å². The van der Waals surface area contributed by atoms with Crippen molar-refractivity contribution in [1.82, 2.24) is 10.5 Å². The van der Waals surface area contributed by atoms with Crippen LogP contribution in [0.1, 0.15) is 55.8 Å². The molecule has 2 bridgehead atoms. The number of aromatic nitrogens is 1. The van der Waals surface area contributed by atoms with Gasteiger partial charge in [-0.3, -0.25) is 0 Å². The van der Waals surface area contributed by atoms with Gasteiger partial charge in [0.15, 0.2) is 0 Å². The number of halogens is 2. The molecule has 1 unspecified atom stereocenters. The Morgan fingerprint density at radius 3 is 2.42 bits per heavy atom. The van der Waals surface area contributed by atoms with Crippen molar-refractivity contribution < 1.29 is 18.0 Å². The van der Waals surface area contributed by atoms with Crippen molar-refractivity contribution in [3.63, 3.8) is 0 Å². The van der Waals surface area contributed by atoms with E-state index >= 15 is 0 Å². The van der Waals surface area contributed by atoms with Crippen LogP contribution >= 0.6 is 0 Å². The summed E-state index contributed by atoms with van der Waals surface area (Å²) in [5, 5.41) is 7.62. The number of nitrogens with zero attached hydrogens (tertiary/aromatic N) is 1. The van der Waals surface area contributed by atoms with E-state index in [0.717, 1.165) is 31.4 Å². The third-order valence-electron chi connectivity index (χ3n) is 5.86. The highest BCUT2D eigenvalue weighted by Crippen LogP contribution is 2.45. The number of benzene rings is 1. The van der Waals surface area contributed by atoms with Gasteiger partial charge < -0.3 is 14.6 Å². The van der Waals surface area contributed by atoms with E-state index < -0.39 is 11.6 Å². The Balaban J connectivity index is 1.42. The maximum Gasteiger partial charge on any atom is 0.145 e. The van der Waals surface area contributed by atoms with Gasteiger partial charge in [-0.2, -0.15) is 0 Å². The number of fused-ring (bicyclic) bond motifs is 2. The molecule has 2 aromatic rings. The van der Waals surface area contributed by atoms with E-state index in [-0.39, 0.29) is 17.4 Å². The lowest BCUT2D eigenvalue weighted by molar-refractivity contribution is 0.00875. The summed E-state index contributed by atoms with van der Waals surface area (Å²) >= 11 is 0. The first kappa shape index (κ1) is 16.4. The van der Waals surface area contributed by atoms with E-state index in [0.29, 0.717) is 30.2 Å². The maximum atomic E-state index is 14.3. The van der Waals surface area contributed by atoms with Crippen molar-refractivity contribution in [3.8, 4) is 11.3 Å². The molecule has 2 saturated heterocycles. The van der Waals surface area contributed by atoms with Gasteiger partial charge in [-0.15, -0.1) is 0 Å². The normalized spacial score (nSPS) is 27.8. The van der Waals surface area contributed by atoms with Gasteiger partial charge in [-0.05, 0) is 50.7 Å². The molecule has 1 aromatic heterocycles. The van der Waals surface area contributed by atoms with Crippen LogP contribution in [0.5, 0.6) is 0 Å². The van der Waals surface area contributed by atoms with Gasteiger partial charge in [-0.25, -0.2) is 8.78 Å². The summed E-state index contributed by atoms with van der Waals surface area (Å²) in [6.45, 7) is 0.294. The van der Waals surface area contributed by atoms with Crippen molar-refractivity contribution in [1.29, 1.82) is 0 Å². The van der Waals surface area contributed by atoms with Crippen LogP contribution in [-0.2, 0) is 11.3 Å². The predicted molar refractivity (Wildman–Crippen MR) is 91.6 cm³/mol. The van der Waals surface area contributed by atoms with Crippen LogP contribution in [0.25, 0.3) is 11.3 Å². The molecule has 0 radical (unpaired) electrons. The molecule has 0 amide bonds. The summed E-state index contributed by atoms with van der Waals surface area (Å²) in [6, 6.07) is 4.93. The molecule has 0 spiro atoms. The third kappa shape index (κ3) is 2.95. The summed E-state index contributed by atoms with van der Waals surface area (Å²) < 4.78 is 40.2. The van der Waals surface area contributed by atoms with Crippen molar-refractivity contribution in [3.05, 3.63) is 41.2 Å². The fourth-order valence-electron chi connectivity index (χ4n) is 4.39. The molecular weight excluding hydrogens is 338 g/mol. The highest BCUT2D eigenvalue weighted by atomic mass is 19.1. The Morgan fingerprint density at radius 2 is 1.77 bits per heavy atom. The predicted octanol–water partition coefficient (Wildman–Crippen LogP) is 4.30. The molecule has 138 valence electrons. The average Bonchev–Trinajstić information content (AvgIpc) is 3.30. The van der Waals surface area contributed by atoms with E-state index in [1.54, 1.807) is 0 Å². The minimum Gasteiger partial charge on any atom is -0.373 e. The molecule has 26 heavy (non-hydrogen) atoms. The number of piperidine rings is 1. The minimum atomic E-state index is -0.623. The molecular formula is C20H22F2N2O2. The zero-order chi connectivity index (χ0) is 17.7. The summed E-state index contributed by atoms with van der Waals surface area (Å²) in [6.07, 6.45) is 6.62. The zero-order valence-electron chi connectivity index (χ0n) is 14.5. The smallest absolute Gasteiger partial charge is 0.145 e. The molecule has 2 aliphatic heterocycles. The van der Waals surface area contributed by atoms with Gasteiger partial charge in [0.1, 0.15) is 23.1 Å². The Bertz CT molecular complexity index is 786. The molecule has 1 aromatic carbocycles. The second-order valence-electron chi connectivity index (χ2n) is 7.79. The second-order valence-corrected chi connectivity index (χ2v) is 7.79. The first-order valence-electron chi connectivity index (χ1n) is 9.49. The molecule has 3 fully saturated rings. The minimum absolute atomic E-state index is 0.118. The van der Waals surface area contributed by atoms with E-state index in [4.69, 9.17) is 9.26 Å². The lowest BCUT2D eigenvalue weighted by Gasteiger charge is -2.29. The molecule has 1 saturated carbocycles. The van der Waals surface area contributed by atoms with E-state index in [1.165, 1.54) is 31.0 Å². The van der Waals surface area contributed by atoms with Crippen LogP contribution in [0.2, 0.25) is 0 Å². The van der Waals surface area contributed by atoms with Crippen LogP contribution < -0.4 is 5.32 Å². The number of hydrogen-bond acceptors (Lipinski definition) is 4. The Labute approximate surface area is 150 Å². The maximum absolute atomic E-state index is 14.3. The first-order valence-corrected chi connectivity index (χ1v) is 9.49. The fourth-order valence-corrected chi connectivity index (χ4v) is 4.39. The third-order valence-corrected chi connectivity index (χ3v) is 5.86. The highest BCUT2D eigenvalue weighted by Gasteiger charge is 2.36. The zero-order valence-corrected chi connectivity index (χ0v) is 14.5. The monoisotopic (exact) mass is 360 g/mol.